The summed E-state index contributed by atoms with van der Waals surface area (Å²) in [4.78, 5) is 18.5. The lowest BCUT2D eigenvalue weighted by Gasteiger charge is -2.29. The topological polar surface area (TPSA) is 86.4 Å². The number of hydrogen-bond donors (Lipinski definition) is 2. The Balaban J connectivity index is 1.52. The van der Waals surface area contributed by atoms with Crippen molar-refractivity contribution >= 4 is 17.0 Å². The number of H-pyrrole nitrogens is 2. The average Bonchev–Trinajstić information content (AvgIpc) is 3.36. The van der Waals surface area contributed by atoms with E-state index >= 15 is 0 Å². The van der Waals surface area contributed by atoms with Gasteiger partial charge in [-0.2, -0.15) is 5.10 Å². The van der Waals surface area contributed by atoms with Crippen molar-refractivity contribution < 1.29 is 0 Å². The lowest BCUT2D eigenvalue weighted by atomic mass is 9.89. The zero-order valence-corrected chi connectivity index (χ0v) is 15.2. The van der Waals surface area contributed by atoms with E-state index in [0.717, 1.165) is 43.0 Å². The third-order valence-electron chi connectivity index (χ3n) is 5.41. The monoisotopic (exact) mass is 359 g/mol. The fourth-order valence-electron chi connectivity index (χ4n) is 4.05. The summed E-state index contributed by atoms with van der Waals surface area (Å²) in [5, 5.41) is 8.01. The number of hydrogen-bond acceptors (Lipinski definition) is 5. The SMILES string of the molecule is CC[C@@H](c1ccccc1)c1n[nH]c2c1CN(c1ncnc3nc[nH]c13)CC2. The molecule has 0 fully saturated rings. The Bertz CT molecular complexity index is 1070. The maximum absolute atomic E-state index is 4.72. The van der Waals surface area contributed by atoms with Gasteiger partial charge in [-0.25, -0.2) is 15.0 Å². The lowest BCUT2D eigenvalue weighted by molar-refractivity contribution is 0.694. The van der Waals surface area contributed by atoms with Gasteiger partial charge in [0.25, 0.3) is 0 Å². The van der Waals surface area contributed by atoms with Crippen molar-refractivity contribution in [2.75, 3.05) is 11.4 Å². The molecule has 136 valence electrons. The van der Waals surface area contributed by atoms with E-state index in [9.17, 15) is 0 Å². The Labute approximate surface area is 156 Å². The van der Waals surface area contributed by atoms with Crippen molar-refractivity contribution in [3.05, 3.63) is 65.5 Å². The van der Waals surface area contributed by atoms with E-state index < -0.39 is 0 Å². The third kappa shape index (κ3) is 2.66. The molecule has 4 aromatic rings. The van der Waals surface area contributed by atoms with Crippen LogP contribution < -0.4 is 4.90 Å². The normalized spacial score (nSPS) is 15.1. The summed E-state index contributed by atoms with van der Waals surface area (Å²) in [5.74, 6) is 1.20. The molecule has 1 atom stereocenters. The number of imidazole rings is 1. The molecule has 7 heteroatoms. The van der Waals surface area contributed by atoms with E-state index in [1.807, 2.05) is 0 Å². The van der Waals surface area contributed by atoms with Crippen LogP contribution in [0.2, 0.25) is 0 Å². The van der Waals surface area contributed by atoms with Crippen LogP contribution in [0.5, 0.6) is 0 Å². The molecule has 2 N–H and O–H groups in total. The van der Waals surface area contributed by atoms with Crippen LogP contribution >= 0.6 is 0 Å². The smallest absolute Gasteiger partial charge is 0.182 e. The quantitative estimate of drug-likeness (QED) is 0.584. The average molecular weight is 359 g/mol. The Morgan fingerprint density at radius 3 is 2.89 bits per heavy atom. The first-order valence-electron chi connectivity index (χ1n) is 9.35. The largest absolute Gasteiger partial charge is 0.350 e. The number of fused-ring (bicyclic) bond motifs is 2. The molecule has 0 radical (unpaired) electrons. The second-order valence-corrected chi connectivity index (χ2v) is 6.91. The summed E-state index contributed by atoms with van der Waals surface area (Å²) in [6.07, 6.45) is 5.19. The first-order chi connectivity index (χ1) is 13.3. The molecule has 0 bridgehead atoms. The second kappa shape index (κ2) is 6.50. The highest BCUT2D eigenvalue weighted by atomic mass is 15.2. The molecule has 1 aromatic carbocycles. The molecule has 1 aliphatic heterocycles. The number of benzene rings is 1. The van der Waals surface area contributed by atoms with Gasteiger partial charge in [-0.15, -0.1) is 0 Å². The Kier molecular flexibility index (Phi) is 3.85. The highest BCUT2D eigenvalue weighted by molar-refractivity contribution is 5.82. The molecular weight excluding hydrogens is 338 g/mol. The summed E-state index contributed by atoms with van der Waals surface area (Å²) >= 11 is 0. The number of aromatic amines is 2. The lowest BCUT2D eigenvalue weighted by Crippen LogP contribution is -2.31. The molecule has 3 aromatic heterocycles. The van der Waals surface area contributed by atoms with Gasteiger partial charge < -0.3 is 9.88 Å². The molecule has 4 heterocycles. The summed E-state index contributed by atoms with van der Waals surface area (Å²) in [5.41, 5.74) is 6.59. The minimum atomic E-state index is 0.295. The molecule has 0 saturated heterocycles. The van der Waals surface area contributed by atoms with Gasteiger partial charge in [0.05, 0.1) is 12.0 Å². The molecule has 0 saturated carbocycles. The Morgan fingerprint density at radius 2 is 2.04 bits per heavy atom. The molecule has 0 amide bonds. The summed E-state index contributed by atoms with van der Waals surface area (Å²) in [7, 11) is 0. The van der Waals surface area contributed by atoms with E-state index in [1.165, 1.54) is 16.8 Å². The van der Waals surface area contributed by atoms with Gasteiger partial charge in [0.1, 0.15) is 11.8 Å². The van der Waals surface area contributed by atoms with E-state index in [1.54, 1.807) is 12.7 Å². The van der Waals surface area contributed by atoms with Gasteiger partial charge in [-0.05, 0) is 12.0 Å². The van der Waals surface area contributed by atoms with E-state index in [0.29, 0.717) is 11.6 Å². The maximum atomic E-state index is 4.72. The molecule has 27 heavy (non-hydrogen) atoms. The van der Waals surface area contributed by atoms with Crippen LogP contribution in [0.25, 0.3) is 11.2 Å². The van der Waals surface area contributed by atoms with Crippen LogP contribution in [-0.4, -0.2) is 36.7 Å². The fourth-order valence-corrected chi connectivity index (χ4v) is 4.05. The van der Waals surface area contributed by atoms with Crippen molar-refractivity contribution in [3.63, 3.8) is 0 Å². The van der Waals surface area contributed by atoms with Crippen molar-refractivity contribution in [2.24, 2.45) is 0 Å². The van der Waals surface area contributed by atoms with Crippen molar-refractivity contribution in [2.45, 2.75) is 32.2 Å². The van der Waals surface area contributed by atoms with Crippen molar-refractivity contribution in [3.8, 4) is 0 Å². The molecule has 1 aliphatic rings. The zero-order valence-electron chi connectivity index (χ0n) is 15.2. The Hall–Kier alpha value is -3.22. The standard InChI is InChI=1S/C20H21N7/c1-2-14(13-6-4-3-5-7-13)17-15-10-27(9-8-16(15)25-26-17)20-18-19(22-11-21-18)23-12-24-20/h3-7,11-12,14H,2,8-10H2,1H3,(H,25,26)(H,21,22,23,24)/t14-/m0/s1. The van der Waals surface area contributed by atoms with E-state index in [2.05, 4.69) is 67.2 Å². The number of nitrogens with one attached hydrogen (secondary N) is 2. The second-order valence-electron chi connectivity index (χ2n) is 6.91. The summed E-state index contributed by atoms with van der Waals surface area (Å²) < 4.78 is 0. The van der Waals surface area contributed by atoms with Crippen LogP contribution in [0.4, 0.5) is 5.82 Å². The zero-order chi connectivity index (χ0) is 18.2. The van der Waals surface area contributed by atoms with Gasteiger partial charge in [-0.1, -0.05) is 37.3 Å². The minimum Gasteiger partial charge on any atom is -0.350 e. The van der Waals surface area contributed by atoms with Crippen molar-refractivity contribution in [1.29, 1.82) is 0 Å². The van der Waals surface area contributed by atoms with Gasteiger partial charge in [-0.3, -0.25) is 5.10 Å². The Morgan fingerprint density at radius 1 is 1.15 bits per heavy atom. The van der Waals surface area contributed by atoms with Gasteiger partial charge in [0.15, 0.2) is 11.5 Å². The number of nitrogens with zero attached hydrogens (tertiary/aromatic N) is 5. The molecule has 0 unspecified atom stereocenters. The highest BCUT2D eigenvalue weighted by Crippen LogP contribution is 2.34. The van der Waals surface area contributed by atoms with Gasteiger partial charge in [0.2, 0.25) is 0 Å². The molecule has 5 rings (SSSR count). The highest BCUT2D eigenvalue weighted by Gasteiger charge is 2.28. The molecular formula is C20H21N7. The van der Waals surface area contributed by atoms with Crippen LogP contribution in [0.1, 0.15) is 41.8 Å². The van der Waals surface area contributed by atoms with Crippen LogP contribution in [0.15, 0.2) is 43.0 Å². The number of anilines is 1. The maximum Gasteiger partial charge on any atom is 0.182 e. The third-order valence-corrected chi connectivity index (χ3v) is 5.41. The number of rotatable bonds is 4. The van der Waals surface area contributed by atoms with E-state index in [-0.39, 0.29) is 0 Å². The summed E-state index contributed by atoms with van der Waals surface area (Å²) in [6.45, 7) is 3.90. The predicted molar refractivity (Wildman–Crippen MR) is 104 cm³/mol. The van der Waals surface area contributed by atoms with E-state index in [4.69, 9.17) is 5.10 Å². The summed E-state index contributed by atoms with van der Waals surface area (Å²) in [6, 6.07) is 10.6. The minimum absolute atomic E-state index is 0.295. The molecule has 0 aliphatic carbocycles. The van der Waals surface area contributed by atoms with Gasteiger partial charge in [0, 0.05) is 36.7 Å². The van der Waals surface area contributed by atoms with Crippen LogP contribution in [0, 0.1) is 0 Å². The number of aromatic nitrogens is 6. The fraction of sp³-hybridized carbons (Fsp3) is 0.300. The van der Waals surface area contributed by atoms with Gasteiger partial charge >= 0.3 is 0 Å². The molecule has 0 spiro atoms. The molecule has 7 nitrogen and oxygen atoms in total. The first kappa shape index (κ1) is 16.0. The predicted octanol–water partition coefficient (Wildman–Crippen LogP) is 3.18. The van der Waals surface area contributed by atoms with Crippen molar-refractivity contribution in [1.82, 2.24) is 30.1 Å². The van der Waals surface area contributed by atoms with Crippen LogP contribution in [-0.2, 0) is 13.0 Å². The van der Waals surface area contributed by atoms with Crippen LogP contribution in [0.3, 0.4) is 0 Å². The first-order valence-corrected chi connectivity index (χ1v) is 9.35.